The van der Waals surface area contributed by atoms with Gasteiger partial charge in [0.1, 0.15) is 10.4 Å². The molecular formula is C14H15BrN2. The maximum atomic E-state index is 4.63. The van der Waals surface area contributed by atoms with Crippen LogP contribution in [0.15, 0.2) is 41.0 Å². The van der Waals surface area contributed by atoms with Gasteiger partial charge in [0.2, 0.25) is 0 Å². The van der Waals surface area contributed by atoms with Crippen molar-refractivity contribution in [3.63, 3.8) is 0 Å². The second-order valence-electron chi connectivity index (χ2n) is 5.02. The zero-order chi connectivity index (χ0) is 12.5. The maximum Gasteiger partial charge on any atom is 0.135 e. The van der Waals surface area contributed by atoms with Crippen molar-refractivity contribution in [3.8, 4) is 11.3 Å². The summed E-state index contributed by atoms with van der Waals surface area (Å²) in [5, 5.41) is 0. The summed E-state index contributed by atoms with van der Waals surface area (Å²) in [7, 11) is 0. The Balaban J connectivity index is 2.54. The molecule has 0 saturated carbocycles. The molecule has 0 unspecified atom stereocenters. The third-order valence-corrected chi connectivity index (χ3v) is 2.84. The molecule has 0 spiro atoms. The van der Waals surface area contributed by atoms with Crippen LogP contribution in [-0.2, 0) is 5.41 Å². The molecule has 0 fully saturated rings. The molecule has 0 radical (unpaired) electrons. The molecule has 0 atom stereocenters. The third-order valence-electron chi connectivity index (χ3n) is 2.44. The van der Waals surface area contributed by atoms with Crippen LogP contribution in [-0.4, -0.2) is 9.97 Å². The lowest BCUT2D eigenvalue weighted by Crippen LogP contribution is -2.16. The van der Waals surface area contributed by atoms with Crippen molar-refractivity contribution in [1.82, 2.24) is 9.97 Å². The van der Waals surface area contributed by atoms with Gasteiger partial charge in [-0.15, -0.1) is 0 Å². The third kappa shape index (κ3) is 2.91. The standard InChI is InChI=1S/C14H15BrN2/c1-14(2,3)13-16-11(9-12(15)17-13)10-7-5-4-6-8-10/h4-9H,1-3H3. The van der Waals surface area contributed by atoms with Gasteiger partial charge >= 0.3 is 0 Å². The lowest BCUT2D eigenvalue weighted by molar-refractivity contribution is 0.544. The Kier molecular flexibility index (Phi) is 3.29. The first-order valence-corrected chi connectivity index (χ1v) is 6.36. The predicted molar refractivity (Wildman–Crippen MR) is 73.9 cm³/mol. The van der Waals surface area contributed by atoms with E-state index in [2.05, 4.69) is 58.8 Å². The summed E-state index contributed by atoms with van der Waals surface area (Å²) in [6.07, 6.45) is 0. The first-order chi connectivity index (χ1) is 7.97. The van der Waals surface area contributed by atoms with E-state index in [1.165, 1.54) is 0 Å². The smallest absolute Gasteiger partial charge is 0.135 e. The molecule has 0 aliphatic heterocycles. The summed E-state index contributed by atoms with van der Waals surface area (Å²) >= 11 is 3.45. The fraction of sp³-hybridized carbons (Fsp3) is 0.286. The van der Waals surface area contributed by atoms with Crippen molar-refractivity contribution >= 4 is 15.9 Å². The largest absolute Gasteiger partial charge is 0.232 e. The minimum atomic E-state index is -0.0483. The van der Waals surface area contributed by atoms with Crippen LogP contribution in [0, 0.1) is 0 Å². The molecule has 1 aromatic heterocycles. The zero-order valence-electron chi connectivity index (χ0n) is 10.2. The molecule has 2 aromatic rings. The second kappa shape index (κ2) is 4.57. The topological polar surface area (TPSA) is 25.8 Å². The highest BCUT2D eigenvalue weighted by atomic mass is 79.9. The second-order valence-corrected chi connectivity index (χ2v) is 5.83. The van der Waals surface area contributed by atoms with Crippen molar-refractivity contribution in [2.45, 2.75) is 26.2 Å². The van der Waals surface area contributed by atoms with Crippen LogP contribution in [0.3, 0.4) is 0 Å². The van der Waals surface area contributed by atoms with Crippen molar-refractivity contribution in [2.75, 3.05) is 0 Å². The number of rotatable bonds is 1. The van der Waals surface area contributed by atoms with Gasteiger partial charge in [-0.25, -0.2) is 9.97 Å². The van der Waals surface area contributed by atoms with Gasteiger partial charge in [-0.05, 0) is 22.0 Å². The Labute approximate surface area is 110 Å². The fourth-order valence-corrected chi connectivity index (χ4v) is 1.89. The van der Waals surface area contributed by atoms with Crippen LogP contribution in [0.5, 0.6) is 0 Å². The van der Waals surface area contributed by atoms with Crippen LogP contribution in [0.4, 0.5) is 0 Å². The van der Waals surface area contributed by atoms with Gasteiger partial charge in [-0.3, -0.25) is 0 Å². The molecule has 0 amide bonds. The highest BCUT2D eigenvalue weighted by molar-refractivity contribution is 9.10. The molecule has 88 valence electrons. The fourth-order valence-electron chi connectivity index (χ4n) is 1.51. The van der Waals surface area contributed by atoms with Crippen LogP contribution >= 0.6 is 15.9 Å². The van der Waals surface area contributed by atoms with E-state index in [4.69, 9.17) is 0 Å². The van der Waals surface area contributed by atoms with E-state index in [1.54, 1.807) is 0 Å². The van der Waals surface area contributed by atoms with Crippen molar-refractivity contribution in [3.05, 3.63) is 46.8 Å². The Morgan fingerprint density at radius 3 is 2.24 bits per heavy atom. The van der Waals surface area contributed by atoms with Crippen molar-refractivity contribution < 1.29 is 0 Å². The predicted octanol–water partition coefficient (Wildman–Crippen LogP) is 4.20. The van der Waals surface area contributed by atoms with E-state index in [9.17, 15) is 0 Å². The molecule has 0 N–H and O–H groups in total. The molecule has 1 aromatic carbocycles. The van der Waals surface area contributed by atoms with Crippen LogP contribution in [0.2, 0.25) is 0 Å². The molecule has 0 aliphatic carbocycles. The van der Waals surface area contributed by atoms with Gasteiger partial charge < -0.3 is 0 Å². The number of nitrogens with zero attached hydrogens (tertiary/aromatic N) is 2. The summed E-state index contributed by atoms with van der Waals surface area (Å²) < 4.78 is 0.830. The van der Waals surface area contributed by atoms with Crippen molar-refractivity contribution in [2.24, 2.45) is 0 Å². The molecular weight excluding hydrogens is 276 g/mol. The summed E-state index contributed by atoms with van der Waals surface area (Å²) in [5.41, 5.74) is 2.02. The first kappa shape index (κ1) is 12.2. The SMILES string of the molecule is CC(C)(C)c1nc(Br)cc(-c2ccccc2)n1. The van der Waals surface area contributed by atoms with E-state index in [-0.39, 0.29) is 5.41 Å². The van der Waals surface area contributed by atoms with Crippen LogP contribution < -0.4 is 0 Å². The maximum absolute atomic E-state index is 4.63. The monoisotopic (exact) mass is 290 g/mol. The average molecular weight is 291 g/mol. The summed E-state index contributed by atoms with van der Waals surface area (Å²) in [6, 6.07) is 12.1. The number of halogens is 1. The first-order valence-electron chi connectivity index (χ1n) is 5.57. The van der Waals surface area contributed by atoms with Crippen molar-refractivity contribution in [1.29, 1.82) is 0 Å². The minimum Gasteiger partial charge on any atom is -0.232 e. The quantitative estimate of drug-likeness (QED) is 0.736. The van der Waals surface area contributed by atoms with E-state index in [0.29, 0.717) is 0 Å². The molecule has 0 aliphatic rings. The van der Waals surface area contributed by atoms with E-state index >= 15 is 0 Å². The molecule has 3 heteroatoms. The van der Waals surface area contributed by atoms with Gasteiger partial charge in [-0.2, -0.15) is 0 Å². The minimum absolute atomic E-state index is 0.0483. The van der Waals surface area contributed by atoms with E-state index in [1.807, 2.05) is 24.3 Å². The molecule has 17 heavy (non-hydrogen) atoms. The molecule has 2 rings (SSSR count). The number of aromatic nitrogens is 2. The Morgan fingerprint density at radius 1 is 1.00 bits per heavy atom. The zero-order valence-corrected chi connectivity index (χ0v) is 11.8. The lowest BCUT2D eigenvalue weighted by atomic mass is 9.95. The summed E-state index contributed by atoms with van der Waals surface area (Å²) in [5.74, 6) is 0.853. The molecule has 0 saturated heterocycles. The van der Waals surface area contributed by atoms with E-state index < -0.39 is 0 Å². The Bertz CT molecular complexity index is 515. The Morgan fingerprint density at radius 2 is 1.65 bits per heavy atom. The summed E-state index contributed by atoms with van der Waals surface area (Å²) in [4.78, 5) is 9.07. The van der Waals surface area contributed by atoms with Gasteiger partial charge in [-0.1, -0.05) is 51.1 Å². The van der Waals surface area contributed by atoms with Gasteiger partial charge in [0.05, 0.1) is 5.69 Å². The van der Waals surface area contributed by atoms with Crippen LogP contribution in [0.25, 0.3) is 11.3 Å². The highest BCUT2D eigenvalue weighted by Crippen LogP contribution is 2.25. The van der Waals surface area contributed by atoms with Gasteiger partial charge in [0.15, 0.2) is 0 Å². The molecule has 0 bridgehead atoms. The van der Waals surface area contributed by atoms with Gasteiger partial charge in [0, 0.05) is 11.0 Å². The normalized spacial score (nSPS) is 11.5. The lowest BCUT2D eigenvalue weighted by Gasteiger charge is -2.17. The van der Waals surface area contributed by atoms with E-state index in [0.717, 1.165) is 21.7 Å². The number of hydrogen-bond acceptors (Lipinski definition) is 2. The Hall–Kier alpha value is -1.22. The summed E-state index contributed by atoms with van der Waals surface area (Å²) in [6.45, 7) is 6.34. The number of hydrogen-bond donors (Lipinski definition) is 0. The highest BCUT2D eigenvalue weighted by Gasteiger charge is 2.18. The molecule has 2 nitrogen and oxygen atoms in total. The number of benzene rings is 1. The average Bonchev–Trinajstić information content (AvgIpc) is 2.28. The van der Waals surface area contributed by atoms with Crippen LogP contribution in [0.1, 0.15) is 26.6 Å². The van der Waals surface area contributed by atoms with Gasteiger partial charge in [0.25, 0.3) is 0 Å². The molecule has 1 heterocycles.